The van der Waals surface area contributed by atoms with Crippen molar-refractivity contribution in [1.82, 2.24) is 15.3 Å². The van der Waals surface area contributed by atoms with E-state index in [1.54, 1.807) is 7.05 Å². The van der Waals surface area contributed by atoms with Crippen LogP contribution in [0.4, 0.5) is 11.6 Å². The summed E-state index contributed by atoms with van der Waals surface area (Å²) < 4.78 is 0. The minimum Gasteiger partial charge on any atom is -0.373 e. The van der Waals surface area contributed by atoms with Gasteiger partial charge in [0, 0.05) is 19.7 Å². The molecule has 6 nitrogen and oxygen atoms in total. The Bertz CT molecular complexity index is 380. The van der Waals surface area contributed by atoms with E-state index in [0.717, 1.165) is 30.0 Å². The molecule has 1 aromatic rings. The third-order valence-electron chi connectivity index (χ3n) is 2.38. The summed E-state index contributed by atoms with van der Waals surface area (Å²) in [5, 5.41) is 8.61. The summed E-state index contributed by atoms with van der Waals surface area (Å²) >= 11 is 0. The molecular formula is C11H19N5O. The highest BCUT2D eigenvalue weighted by Gasteiger charge is 2.10. The molecule has 0 atom stereocenters. The highest BCUT2D eigenvalue weighted by Crippen LogP contribution is 2.20. The van der Waals surface area contributed by atoms with E-state index in [-0.39, 0.29) is 12.5 Å². The van der Waals surface area contributed by atoms with Crippen LogP contribution in [0.5, 0.6) is 0 Å². The van der Waals surface area contributed by atoms with E-state index in [2.05, 4.69) is 32.8 Å². The fraction of sp³-hybridized carbons (Fsp3) is 0.545. The number of nitrogens with zero attached hydrogens (tertiary/aromatic N) is 2. The first kappa shape index (κ1) is 13.2. The van der Waals surface area contributed by atoms with Gasteiger partial charge in [-0.25, -0.2) is 9.97 Å². The van der Waals surface area contributed by atoms with E-state index < -0.39 is 0 Å². The minimum absolute atomic E-state index is 0.0722. The average Bonchev–Trinajstić information content (AvgIpc) is 2.37. The second-order valence-electron chi connectivity index (χ2n) is 3.58. The number of likely N-dealkylation sites (N-methyl/N-ethyl adjacent to an activating group) is 1. The molecule has 0 spiro atoms. The molecule has 6 heteroatoms. The molecule has 17 heavy (non-hydrogen) atoms. The van der Waals surface area contributed by atoms with Gasteiger partial charge in [0.2, 0.25) is 5.91 Å². The van der Waals surface area contributed by atoms with Crippen LogP contribution in [0.15, 0.2) is 6.33 Å². The molecule has 1 amide bonds. The second kappa shape index (κ2) is 6.67. The Labute approximate surface area is 101 Å². The summed E-state index contributed by atoms with van der Waals surface area (Å²) in [6, 6.07) is 0. The van der Waals surface area contributed by atoms with Crippen molar-refractivity contribution in [3.63, 3.8) is 0 Å². The molecule has 0 aliphatic heterocycles. The van der Waals surface area contributed by atoms with Crippen molar-refractivity contribution in [2.45, 2.75) is 19.8 Å². The van der Waals surface area contributed by atoms with Crippen LogP contribution in [0.25, 0.3) is 0 Å². The Balaban J connectivity index is 2.85. The maximum absolute atomic E-state index is 11.2. The smallest absolute Gasteiger partial charge is 0.239 e. The summed E-state index contributed by atoms with van der Waals surface area (Å²) in [5.41, 5.74) is 1.02. The molecule has 1 rings (SSSR count). The van der Waals surface area contributed by atoms with Crippen LogP contribution in [0.2, 0.25) is 0 Å². The van der Waals surface area contributed by atoms with Crippen LogP contribution in [-0.4, -0.2) is 36.5 Å². The van der Waals surface area contributed by atoms with Gasteiger partial charge in [0.15, 0.2) is 0 Å². The van der Waals surface area contributed by atoms with Crippen molar-refractivity contribution < 1.29 is 4.79 Å². The van der Waals surface area contributed by atoms with Crippen molar-refractivity contribution in [3.8, 4) is 0 Å². The number of rotatable bonds is 6. The van der Waals surface area contributed by atoms with Gasteiger partial charge in [-0.3, -0.25) is 4.79 Å². The van der Waals surface area contributed by atoms with Crippen LogP contribution >= 0.6 is 0 Å². The van der Waals surface area contributed by atoms with Gasteiger partial charge in [0.05, 0.1) is 6.54 Å². The first-order chi connectivity index (χ1) is 8.22. The lowest BCUT2D eigenvalue weighted by atomic mass is 10.1. The van der Waals surface area contributed by atoms with Crippen molar-refractivity contribution in [2.24, 2.45) is 0 Å². The summed E-state index contributed by atoms with van der Waals surface area (Å²) in [6.45, 7) is 2.31. The Hall–Kier alpha value is -1.85. The fourth-order valence-electron chi connectivity index (χ4n) is 1.52. The SMILES string of the molecule is CCCc1c(NC)ncnc1NCC(=O)NC. The summed E-state index contributed by atoms with van der Waals surface area (Å²) in [5.74, 6) is 1.45. The van der Waals surface area contributed by atoms with E-state index in [1.165, 1.54) is 6.33 Å². The molecule has 0 radical (unpaired) electrons. The molecule has 0 fully saturated rings. The van der Waals surface area contributed by atoms with Crippen molar-refractivity contribution in [3.05, 3.63) is 11.9 Å². The topological polar surface area (TPSA) is 78.9 Å². The Morgan fingerprint density at radius 1 is 1.29 bits per heavy atom. The van der Waals surface area contributed by atoms with Crippen LogP contribution < -0.4 is 16.0 Å². The second-order valence-corrected chi connectivity index (χ2v) is 3.58. The first-order valence-electron chi connectivity index (χ1n) is 5.69. The number of nitrogens with one attached hydrogen (secondary N) is 3. The lowest BCUT2D eigenvalue weighted by molar-refractivity contribution is -0.118. The van der Waals surface area contributed by atoms with Crippen molar-refractivity contribution in [1.29, 1.82) is 0 Å². The first-order valence-corrected chi connectivity index (χ1v) is 5.69. The maximum Gasteiger partial charge on any atom is 0.239 e. The third-order valence-corrected chi connectivity index (χ3v) is 2.38. The number of carbonyl (C=O) groups is 1. The molecule has 3 N–H and O–H groups in total. The van der Waals surface area contributed by atoms with Gasteiger partial charge in [0.1, 0.15) is 18.0 Å². The zero-order chi connectivity index (χ0) is 12.7. The van der Waals surface area contributed by atoms with Gasteiger partial charge >= 0.3 is 0 Å². The number of amides is 1. The third kappa shape index (κ3) is 3.58. The lowest BCUT2D eigenvalue weighted by Crippen LogP contribution is -2.27. The average molecular weight is 237 g/mol. The molecule has 0 unspecified atom stereocenters. The number of anilines is 2. The molecule has 0 aliphatic rings. The number of carbonyl (C=O) groups excluding carboxylic acids is 1. The molecule has 0 saturated carbocycles. The summed E-state index contributed by atoms with van der Waals surface area (Å²) in [4.78, 5) is 19.5. The largest absolute Gasteiger partial charge is 0.373 e. The maximum atomic E-state index is 11.2. The van der Waals surface area contributed by atoms with Gasteiger partial charge in [-0.15, -0.1) is 0 Å². The normalized spacial score (nSPS) is 9.82. The molecule has 0 saturated heterocycles. The summed E-state index contributed by atoms with van der Waals surface area (Å²) in [6.07, 6.45) is 3.35. The van der Waals surface area contributed by atoms with Gasteiger partial charge in [-0.05, 0) is 6.42 Å². The Kier molecular flexibility index (Phi) is 5.19. The number of hydrogen-bond acceptors (Lipinski definition) is 5. The molecule has 0 aliphatic carbocycles. The van der Waals surface area contributed by atoms with Crippen LogP contribution in [0.3, 0.4) is 0 Å². The van der Waals surface area contributed by atoms with Gasteiger partial charge in [0.25, 0.3) is 0 Å². The Morgan fingerprint density at radius 2 is 2.00 bits per heavy atom. The molecule has 0 aromatic carbocycles. The molecule has 1 aromatic heterocycles. The molecular weight excluding hydrogens is 218 g/mol. The zero-order valence-electron chi connectivity index (χ0n) is 10.5. The highest BCUT2D eigenvalue weighted by molar-refractivity contribution is 5.80. The van der Waals surface area contributed by atoms with Gasteiger partial charge in [-0.1, -0.05) is 13.3 Å². The van der Waals surface area contributed by atoms with Gasteiger partial charge in [-0.2, -0.15) is 0 Å². The molecule has 94 valence electrons. The lowest BCUT2D eigenvalue weighted by Gasteiger charge is -2.12. The molecule has 0 bridgehead atoms. The van der Waals surface area contributed by atoms with Gasteiger partial charge < -0.3 is 16.0 Å². The van der Waals surface area contributed by atoms with E-state index >= 15 is 0 Å². The predicted octanol–water partition coefficient (Wildman–Crippen LogP) is 0.629. The van der Waals surface area contributed by atoms with Crippen LogP contribution in [0.1, 0.15) is 18.9 Å². The van der Waals surface area contributed by atoms with E-state index in [9.17, 15) is 4.79 Å². The van der Waals surface area contributed by atoms with Crippen LogP contribution in [0, 0.1) is 0 Å². The van der Waals surface area contributed by atoms with E-state index in [1.807, 2.05) is 7.05 Å². The predicted molar refractivity (Wildman–Crippen MR) is 68.1 cm³/mol. The van der Waals surface area contributed by atoms with E-state index in [4.69, 9.17) is 0 Å². The zero-order valence-corrected chi connectivity index (χ0v) is 10.5. The van der Waals surface area contributed by atoms with E-state index in [0.29, 0.717) is 0 Å². The Morgan fingerprint density at radius 3 is 2.59 bits per heavy atom. The van der Waals surface area contributed by atoms with Crippen LogP contribution in [-0.2, 0) is 11.2 Å². The van der Waals surface area contributed by atoms with Crippen molar-refractivity contribution >= 4 is 17.5 Å². The number of hydrogen-bond donors (Lipinski definition) is 3. The standard InChI is InChI=1S/C11H19N5O/c1-4-5-8-10(13-3)15-7-16-11(8)14-6-9(17)12-2/h7H,4-6H2,1-3H3,(H,12,17)(H2,13,14,15,16). The summed E-state index contributed by atoms with van der Waals surface area (Å²) in [7, 11) is 3.43. The minimum atomic E-state index is -0.0722. The monoisotopic (exact) mass is 237 g/mol. The number of aromatic nitrogens is 2. The van der Waals surface area contributed by atoms with Crippen molar-refractivity contribution in [2.75, 3.05) is 31.3 Å². The molecule has 1 heterocycles. The highest BCUT2D eigenvalue weighted by atomic mass is 16.1. The quantitative estimate of drug-likeness (QED) is 0.676. The fourth-order valence-corrected chi connectivity index (χ4v) is 1.52.